The summed E-state index contributed by atoms with van der Waals surface area (Å²) in [5.41, 5.74) is 3.07. The Bertz CT molecular complexity index is 1010. The molecule has 1 N–H and O–H groups in total. The molecule has 0 saturated heterocycles. The SMILES string of the molecule is CCC(CC)CNC(=O)c1cc(-c2ccc3c(c2)OCO3)nc2ccccc12. The van der Waals surface area contributed by atoms with Gasteiger partial charge in [-0.3, -0.25) is 4.79 Å². The maximum absolute atomic E-state index is 13.0. The van der Waals surface area contributed by atoms with Gasteiger partial charge in [0.05, 0.1) is 16.8 Å². The summed E-state index contributed by atoms with van der Waals surface area (Å²) >= 11 is 0. The van der Waals surface area contributed by atoms with Crippen LogP contribution in [0.4, 0.5) is 0 Å². The second kappa shape index (κ2) is 7.89. The number of benzene rings is 2. The molecule has 1 aromatic heterocycles. The minimum atomic E-state index is -0.0625. The number of aromatic nitrogens is 1. The fraction of sp³-hybridized carbons (Fsp3) is 0.304. The van der Waals surface area contributed by atoms with E-state index < -0.39 is 0 Å². The molecule has 0 radical (unpaired) electrons. The van der Waals surface area contributed by atoms with Gasteiger partial charge in [-0.1, -0.05) is 44.9 Å². The van der Waals surface area contributed by atoms with Crippen molar-refractivity contribution in [3.8, 4) is 22.8 Å². The first-order chi connectivity index (χ1) is 13.7. The van der Waals surface area contributed by atoms with E-state index in [-0.39, 0.29) is 12.7 Å². The molecule has 0 aliphatic carbocycles. The molecule has 3 aromatic rings. The minimum absolute atomic E-state index is 0.0625. The Hall–Kier alpha value is -3.08. The Labute approximate surface area is 164 Å². The van der Waals surface area contributed by atoms with Crippen molar-refractivity contribution in [2.45, 2.75) is 26.7 Å². The summed E-state index contributed by atoms with van der Waals surface area (Å²) in [6.45, 7) is 5.22. The van der Waals surface area contributed by atoms with Gasteiger partial charge in [0.15, 0.2) is 11.5 Å². The monoisotopic (exact) mass is 376 g/mol. The number of carbonyl (C=O) groups is 1. The molecule has 5 nitrogen and oxygen atoms in total. The van der Waals surface area contributed by atoms with E-state index >= 15 is 0 Å². The van der Waals surface area contributed by atoms with Crippen LogP contribution < -0.4 is 14.8 Å². The zero-order chi connectivity index (χ0) is 19.5. The molecule has 0 unspecified atom stereocenters. The molecule has 5 heteroatoms. The molecule has 1 amide bonds. The number of hydrogen-bond acceptors (Lipinski definition) is 4. The summed E-state index contributed by atoms with van der Waals surface area (Å²) in [4.78, 5) is 17.7. The number of ether oxygens (including phenoxy) is 2. The van der Waals surface area contributed by atoms with Crippen LogP contribution >= 0.6 is 0 Å². The summed E-state index contributed by atoms with van der Waals surface area (Å²) < 4.78 is 10.9. The average Bonchev–Trinajstić information content (AvgIpc) is 3.21. The normalized spacial score (nSPS) is 12.5. The molecule has 2 aromatic carbocycles. The maximum atomic E-state index is 13.0. The lowest BCUT2D eigenvalue weighted by Gasteiger charge is -2.15. The predicted octanol–water partition coefficient (Wildman–Crippen LogP) is 4.80. The first-order valence-electron chi connectivity index (χ1n) is 9.77. The summed E-state index contributed by atoms with van der Waals surface area (Å²) in [6.07, 6.45) is 2.10. The number of nitrogens with zero attached hydrogens (tertiary/aromatic N) is 1. The van der Waals surface area contributed by atoms with E-state index in [1.807, 2.05) is 48.5 Å². The Morgan fingerprint density at radius 2 is 1.86 bits per heavy atom. The third-order valence-electron chi connectivity index (χ3n) is 5.34. The summed E-state index contributed by atoms with van der Waals surface area (Å²) in [5, 5.41) is 3.96. The fourth-order valence-corrected chi connectivity index (χ4v) is 3.48. The molecule has 4 rings (SSSR count). The molecule has 144 valence electrons. The van der Waals surface area contributed by atoms with Crippen molar-refractivity contribution >= 4 is 16.8 Å². The van der Waals surface area contributed by atoms with E-state index in [4.69, 9.17) is 14.5 Å². The molecule has 0 atom stereocenters. The van der Waals surface area contributed by atoms with Crippen LogP contribution in [0.15, 0.2) is 48.5 Å². The zero-order valence-corrected chi connectivity index (χ0v) is 16.2. The standard InChI is InChI=1S/C23H24N2O3/c1-3-15(4-2)13-24-23(26)18-12-20(25-19-8-6-5-7-17(18)19)16-9-10-21-22(11-16)28-14-27-21/h5-12,15H,3-4,13-14H2,1-2H3,(H,24,26). The molecular formula is C23H24N2O3. The topological polar surface area (TPSA) is 60.5 Å². The summed E-state index contributed by atoms with van der Waals surface area (Å²) in [7, 11) is 0. The van der Waals surface area contributed by atoms with E-state index in [1.54, 1.807) is 0 Å². The molecule has 0 spiro atoms. The Kier molecular flexibility index (Phi) is 5.15. The van der Waals surface area contributed by atoms with Crippen LogP contribution in [-0.4, -0.2) is 24.2 Å². The smallest absolute Gasteiger partial charge is 0.252 e. The lowest BCUT2D eigenvalue weighted by molar-refractivity contribution is 0.0948. The van der Waals surface area contributed by atoms with Gasteiger partial charge in [-0.2, -0.15) is 0 Å². The van der Waals surface area contributed by atoms with Gasteiger partial charge in [0.25, 0.3) is 5.91 Å². The number of fused-ring (bicyclic) bond motifs is 2. The van der Waals surface area contributed by atoms with E-state index in [0.29, 0.717) is 23.8 Å². The molecule has 1 aliphatic heterocycles. The van der Waals surface area contributed by atoms with Gasteiger partial charge in [-0.15, -0.1) is 0 Å². The van der Waals surface area contributed by atoms with Crippen LogP contribution in [-0.2, 0) is 0 Å². The van der Waals surface area contributed by atoms with E-state index in [9.17, 15) is 4.79 Å². The second-order valence-corrected chi connectivity index (χ2v) is 7.03. The van der Waals surface area contributed by atoms with Crippen molar-refractivity contribution in [3.05, 3.63) is 54.1 Å². The fourth-order valence-electron chi connectivity index (χ4n) is 3.48. The first kappa shape index (κ1) is 18.3. The Morgan fingerprint density at radius 3 is 2.68 bits per heavy atom. The van der Waals surface area contributed by atoms with Crippen molar-refractivity contribution in [3.63, 3.8) is 0 Å². The molecule has 0 bridgehead atoms. The molecular weight excluding hydrogens is 352 g/mol. The molecule has 28 heavy (non-hydrogen) atoms. The number of carbonyl (C=O) groups excluding carboxylic acids is 1. The first-order valence-corrected chi connectivity index (χ1v) is 9.77. The number of pyridine rings is 1. The van der Waals surface area contributed by atoms with Gasteiger partial charge in [-0.05, 0) is 36.2 Å². The van der Waals surface area contributed by atoms with Crippen LogP contribution in [0.25, 0.3) is 22.2 Å². The van der Waals surface area contributed by atoms with Crippen molar-refractivity contribution < 1.29 is 14.3 Å². The predicted molar refractivity (Wildman–Crippen MR) is 110 cm³/mol. The lowest BCUT2D eigenvalue weighted by atomic mass is 10.0. The average molecular weight is 376 g/mol. The number of para-hydroxylation sites is 1. The Morgan fingerprint density at radius 1 is 1.07 bits per heavy atom. The second-order valence-electron chi connectivity index (χ2n) is 7.03. The Balaban J connectivity index is 1.72. The third-order valence-corrected chi connectivity index (χ3v) is 5.34. The van der Waals surface area contributed by atoms with Gasteiger partial charge in [0, 0.05) is 17.5 Å². The van der Waals surface area contributed by atoms with Crippen molar-refractivity contribution in [2.24, 2.45) is 5.92 Å². The van der Waals surface area contributed by atoms with E-state index in [1.165, 1.54) is 0 Å². The number of amides is 1. The minimum Gasteiger partial charge on any atom is -0.454 e. The van der Waals surface area contributed by atoms with Crippen LogP contribution in [0.1, 0.15) is 37.0 Å². The van der Waals surface area contributed by atoms with Crippen LogP contribution in [0.3, 0.4) is 0 Å². The highest BCUT2D eigenvalue weighted by Crippen LogP contribution is 2.36. The third kappa shape index (κ3) is 3.52. The quantitative estimate of drug-likeness (QED) is 0.671. The summed E-state index contributed by atoms with van der Waals surface area (Å²) in [6, 6.07) is 15.3. The van der Waals surface area contributed by atoms with E-state index in [2.05, 4.69) is 19.2 Å². The lowest BCUT2D eigenvalue weighted by Crippen LogP contribution is -2.29. The molecule has 1 aliphatic rings. The highest BCUT2D eigenvalue weighted by atomic mass is 16.7. The number of nitrogens with one attached hydrogen (secondary N) is 1. The molecule has 2 heterocycles. The van der Waals surface area contributed by atoms with Crippen LogP contribution in [0.2, 0.25) is 0 Å². The van der Waals surface area contributed by atoms with E-state index in [0.717, 1.165) is 40.8 Å². The van der Waals surface area contributed by atoms with Gasteiger partial charge in [0.1, 0.15) is 0 Å². The molecule has 0 fully saturated rings. The van der Waals surface area contributed by atoms with Crippen LogP contribution in [0, 0.1) is 5.92 Å². The van der Waals surface area contributed by atoms with Crippen molar-refractivity contribution in [1.82, 2.24) is 10.3 Å². The van der Waals surface area contributed by atoms with Gasteiger partial charge >= 0.3 is 0 Å². The number of rotatable bonds is 6. The van der Waals surface area contributed by atoms with Gasteiger partial charge < -0.3 is 14.8 Å². The number of hydrogen-bond donors (Lipinski definition) is 1. The van der Waals surface area contributed by atoms with Crippen molar-refractivity contribution in [1.29, 1.82) is 0 Å². The summed E-state index contributed by atoms with van der Waals surface area (Å²) in [5.74, 6) is 1.86. The highest BCUT2D eigenvalue weighted by molar-refractivity contribution is 6.07. The van der Waals surface area contributed by atoms with Gasteiger partial charge in [0.2, 0.25) is 6.79 Å². The maximum Gasteiger partial charge on any atom is 0.252 e. The zero-order valence-electron chi connectivity index (χ0n) is 16.2. The largest absolute Gasteiger partial charge is 0.454 e. The van der Waals surface area contributed by atoms with Gasteiger partial charge in [-0.25, -0.2) is 4.98 Å². The van der Waals surface area contributed by atoms with Crippen molar-refractivity contribution in [2.75, 3.05) is 13.3 Å². The molecule has 0 saturated carbocycles. The van der Waals surface area contributed by atoms with Crippen LogP contribution in [0.5, 0.6) is 11.5 Å². The highest BCUT2D eigenvalue weighted by Gasteiger charge is 2.18.